The Bertz CT molecular complexity index is 1830. The first kappa shape index (κ1) is 27.4. The van der Waals surface area contributed by atoms with Crippen LogP contribution in [0, 0.1) is 0 Å². The van der Waals surface area contributed by atoms with Crippen molar-refractivity contribution in [2.45, 2.75) is 65.2 Å². The summed E-state index contributed by atoms with van der Waals surface area (Å²) in [6.07, 6.45) is 3.87. The van der Waals surface area contributed by atoms with Gasteiger partial charge in [-0.2, -0.15) is 0 Å². The molecule has 1 unspecified atom stereocenters. The lowest BCUT2D eigenvalue weighted by Gasteiger charge is -2.26. The molecule has 0 aliphatic carbocycles. The first-order valence-electron chi connectivity index (χ1n) is 14.5. The predicted octanol–water partition coefficient (Wildman–Crippen LogP) is 10.9. The van der Waals surface area contributed by atoms with Gasteiger partial charge in [-0.1, -0.05) is 109 Å². The number of fused-ring (bicyclic) bond motifs is 3. The van der Waals surface area contributed by atoms with Crippen molar-refractivity contribution in [2.24, 2.45) is 0 Å². The van der Waals surface area contributed by atoms with E-state index < -0.39 is 0 Å². The van der Waals surface area contributed by atoms with E-state index in [2.05, 4.69) is 133 Å². The normalized spacial score (nSPS) is 13.1. The molecule has 1 atom stereocenters. The van der Waals surface area contributed by atoms with Gasteiger partial charge in [0.1, 0.15) is 0 Å². The smallest absolute Gasteiger partial charge is 0.0895 e. The van der Waals surface area contributed by atoms with Crippen LogP contribution >= 0.6 is 11.3 Å². The van der Waals surface area contributed by atoms with Gasteiger partial charge in [0.2, 0.25) is 0 Å². The summed E-state index contributed by atoms with van der Waals surface area (Å²) in [7, 11) is 0. The average Bonchev–Trinajstić information content (AvgIpc) is 3.34. The molecule has 3 aromatic carbocycles. The molecule has 0 saturated carbocycles. The third-order valence-corrected chi connectivity index (χ3v) is 9.39. The number of nitrogens with zero attached hydrogens (tertiary/aromatic N) is 2. The zero-order valence-corrected chi connectivity index (χ0v) is 25.9. The highest BCUT2D eigenvalue weighted by Crippen LogP contribution is 2.41. The molecule has 0 N–H and O–H groups in total. The monoisotopic (exact) mass is 554 g/mol. The van der Waals surface area contributed by atoms with Gasteiger partial charge >= 0.3 is 0 Å². The van der Waals surface area contributed by atoms with Crippen LogP contribution in [0.2, 0.25) is 0 Å². The highest BCUT2D eigenvalue weighted by atomic mass is 32.1. The zero-order valence-electron chi connectivity index (χ0n) is 25.1. The Morgan fingerprint density at radius 1 is 0.634 bits per heavy atom. The van der Waals surface area contributed by atoms with Gasteiger partial charge in [0.25, 0.3) is 0 Å². The van der Waals surface area contributed by atoms with E-state index in [0.29, 0.717) is 5.92 Å². The Labute approximate surface area is 248 Å². The van der Waals surface area contributed by atoms with E-state index in [-0.39, 0.29) is 10.8 Å². The zero-order chi connectivity index (χ0) is 28.9. The minimum absolute atomic E-state index is 0.0795. The molecule has 6 rings (SSSR count). The highest BCUT2D eigenvalue weighted by Gasteiger charge is 2.21. The number of hydrogen-bond donors (Lipinski definition) is 0. The van der Waals surface area contributed by atoms with Gasteiger partial charge in [-0.25, -0.2) is 0 Å². The van der Waals surface area contributed by atoms with Crippen molar-refractivity contribution in [3.8, 4) is 22.4 Å². The molecule has 0 amide bonds. The van der Waals surface area contributed by atoms with Crippen LogP contribution in [0.5, 0.6) is 0 Å². The minimum Gasteiger partial charge on any atom is -0.256 e. The second-order valence-electron chi connectivity index (χ2n) is 13.3. The molecule has 2 nitrogen and oxygen atoms in total. The van der Waals surface area contributed by atoms with Crippen molar-refractivity contribution in [3.05, 3.63) is 120 Å². The van der Waals surface area contributed by atoms with Crippen LogP contribution < -0.4 is 0 Å². The van der Waals surface area contributed by atoms with Crippen molar-refractivity contribution in [2.75, 3.05) is 0 Å². The molecule has 6 aromatic rings. The van der Waals surface area contributed by atoms with Crippen molar-refractivity contribution >= 4 is 31.6 Å². The van der Waals surface area contributed by atoms with E-state index in [4.69, 9.17) is 9.97 Å². The van der Waals surface area contributed by atoms with E-state index in [1.165, 1.54) is 48.2 Å². The molecule has 0 aliphatic heterocycles. The number of aromatic nitrogens is 2. The molecule has 0 radical (unpaired) electrons. The summed E-state index contributed by atoms with van der Waals surface area (Å²) >= 11 is 1.82. The van der Waals surface area contributed by atoms with Crippen molar-refractivity contribution in [3.63, 3.8) is 0 Å². The van der Waals surface area contributed by atoms with Gasteiger partial charge < -0.3 is 0 Å². The maximum Gasteiger partial charge on any atom is 0.0895 e. The lowest BCUT2D eigenvalue weighted by molar-refractivity contribution is 0.569. The SMILES string of the molecule is CC(c1ccccc1)c1ccnc(-c2ccnc3c2sc2cc(-c4cc(C(C)(C)C)cc(C(C)(C)C)c4)ccc23)c1. The predicted molar refractivity (Wildman–Crippen MR) is 177 cm³/mol. The number of rotatable bonds is 4. The highest BCUT2D eigenvalue weighted by molar-refractivity contribution is 7.26. The minimum atomic E-state index is 0.0795. The van der Waals surface area contributed by atoms with Gasteiger partial charge in [-0.05, 0) is 68.5 Å². The molecule has 41 heavy (non-hydrogen) atoms. The third kappa shape index (κ3) is 5.31. The molecule has 3 heterocycles. The van der Waals surface area contributed by atoms with Gasteiger partial charge in [0.15, 0.2) is 0 Å². The Morgan fingerprint density at radius 2 is 1.32 bits per heavy atom. The van der Waals surface area contributed by atoms with E-state index >= 15 is 0 Å². The second-order valence-corrected chi connectivity index (χ2v) is 14.3. The molecular weight excluding hydrogens is 516 g/mol. The van der Waals surface area contributed by atoms with Gasteiger partial charge in [-0.15, -0.1) is 11.3 Å². The summed E-state index contributed by atoms with van der Waals surface area (Å²) in [4.78, 5) is 9.65. The number of thiophene rings is 1. The van der Waals surface area contributed by atoms with E-state index in [1.54, 1.807) is 0 Å². The van der Waals surface area contributed by atoms with Crippen LogP contribution in [0.4, 0.5) is 0 Å². The van der Waals surface area contributed by atoms with Gasteiger partial charge in [0, 0.05) is 34.0 Å². The summed E-state index contributed by atoms with van der Waals surface area (Å²) in [6, 6.07) is 31.2. The lowest BCUT2D eigenvalue weighted by Crippen LogP contribution is -2.16. The van der Waals surface area contributed by atoms with E-state index in [9.17, 15) is 0 Å². The maximum absolute atomic E-state index is 4.84. The van der Waals surface area contributed by atoms with Crippen molar-refractivity contribution in [1.82, 2.24) is 9.97 Å². The summed E-state index contributed by atoms with van der Waals surface area (Å²) < 4.78 is 2.44. The average molecular weight is 555 g/mol. The summed E-state index contributed by atoms with van der Waals surface area (Å²) in [5.41, 5.74) is 11.2. The molecular formula is C38H38N2S. The maximum atomic E-state index is 4.84. The first-order valence-corrected chi connectivity index (χ1v) is 15.3. The standard InChI is InChI=1S/C38H38N2S/c1-24(25-11-9-8-10-12-25)26-15-17-39-33(21-26)31-16-18-40-35-32-14-13-27(22-34(32)41-36(31)35)28-19-29(37(2,3)4)23-30(20-28)38(5,6)7/h8-24H,1-7H3. The second kappa shape index (κ2) is 10.2. The molecule has 3 aromatic heterocycles. The van der Waals surface area contributed by atoms with Crippen molar-refractivity contribution in [1.29, 1.82) is 0 Å². The van der Waals surface area contributed by atoms with Crippen LogP contribution in [0.15, 0.2) is 97.3 Å². The molecule has 206 valence electrons. The summed E-state index contributed by atoms with van der Waals surface area (Å²) in [6.45, 7) is 16.0. The van der Waals surface area contributed by atoms with E-state index in [0.717, 1.165) is 16.8 Å². The molecule has 3 heteroatoms. The molecule has 0 saturated heterocycles. The molecule has 0 bridgehead atoms. The summed E-state index contributed by atoms with van der Waals surface area (Å²) in [5.74, 6) is 0.294. The first-order chi connectivity index (χ1) is 19.5. The number of hydrogen-bond acceptors (Lipinski definition) is 3. The van der Waals surface area contributed by atoms with Gasteiger partial charge in [-0.3, -0.25) is 9.97 Å². The van der Waals surface area contributed by atoms with Crippen LogP contribution in [0.25, 0.3) is 42.7 Å². The Morgan fingerprint density at radius 3 is 2.00 bits per heavy atom. The molecule has 0 fully saturated rings. The number of benzene rings is 3. The fourth-order valence-corrected chi connectivity index (χ4v) is 6.72. The van der Waals surface area contributed by atoms with Gasteiger partial charge in [0.05, 0.1) is 15.9 Å². The largest absolute Gasteiger partial charge is 0.256 e. The molecule has 0 spiro atoms. The van der Waals surface area contributed by atoms with Crippen LogP contribution in [0.3, 0.4) is 0 Å². The Kier molecular flexibility index (Phi) is 6.82. The topological polar surface area (TPSA) is 25.8 Å². The Hall–Kier alpha value is -3.82. The summed E-state index contributed by atoms with van der Waals surface area (Å²) in [5, 5.41) is 1.20. The quantitative estimate of drug-likeness (QED) is 0.217. The van der Waals surface area contributed by atoms with E-state index in [1.807, 2.05) is 23.7 Å². The van der Waals surface area contributed by atoms with Crippen molar-refractivity contribution < 1.29 is 0 Å². The fourth-order valence-electron chi connectivity index (χ4n) is 5.49. The number of pyridine rings is 2. The lowest BCUT2D eigenvalue weighted by atomic mass is 9.79. The third-order valence-electron chi connectivity index (χ3n) is 8.21. The van der Waals surface area contributed by atoms with Crippen LogP contribution in [-0.4, -0.2) is 9.97 Å². The molecule has 0 aliphatic rings. The van der Waals surface area contributed by atoms with Crippen LogP contribution in [-0.2, 0) is 10.8 Å². The Balaban J connectivity index is 1.46. The van der Waals surface area contributed by atoms with Crippen LogP contribution in [0.1, 0.15) is 76.6 Å². The fraction of sp³-hybridized carbons (Fsp3) is 0.263.